The zero-order valence-corrected chi connectivity index (χ0v) is 12.6. The molecule has 3 nitrogen and oxygen atoms in total. The summed E-state index contributed by atoms with van der Waals surface area (Å²) in [5, 5.41) is 6.80. The molecular formula is C13H12BrFN2OS. The molecule has 6 heteroatoms. The third-order valence-corrected chi connectivity index (χ3v) is 4.30. The van der Waals surface area contributed by atoms with Crippen LogP contribution in [0.25, 0.3) is 0 Å². The van der Waals surface area contributed by atoms with E-state index in [-0.39, 0.29) is 11.6 Å². The van der Waals surface area contributed by atoms with Gasteiger partial charge in [-0.05, 0) is 56.9 Å². The summed E-state index contributed by atoms with van der Waals surface area (Å²) in [6.45, 7) is 2.43. The van der Waals surface area contributed by atoms with Gasteiger partial charge < -0.3 is 11.1 Å². The van der Waals surface area contributed by atoms with Gasteiger partial charge in [-0.2, -0.15) is 11.3 Å². The van der Waals surface area contributed by atoms with Crippen molar-refractivity contribution >= 4 is 38.9 Å². The molecule has 0 saturated heterocycles. The average Bonchev–Trinajstić information content (AvgIpc) is 2.76. The SMILES string of the molecule is Cc1cscc1CNC(=O)c1cc(N)c(F)cc1Br. The lowest BCUT2D eigenvalue weighted by Gasteiger charge is -2.08. The molecule has 0 unspecified atom stereocenters. The number of hydrogen-bond donors (Lipinski definition) is 2. The Morgan fingerprint density at radius 2 is 2.21 bits per heavy atom. The van der Waals surface area contributed by atoms with Gasteiger partial charge in [-0.1, -0.05) is 0 Å². The van der Waals surface area contributed by atoms with Crippen molar-refractivity contribution in [1.29, 1.82) is 0 Å². The van der Waals surface area contributed by atoms with Crippen molar-refractivity contribution in [3.8, 4) is 0 Å². The van der Waals surface area contributed by atoms with Gasteiger partial charge >= 0.3 is 0 Å². The number of nitrogens with two attached hydrogens (primary N) is 1. The highest BCUT2D eigenvalue weighted by Gasteiger charge is 2.13. The van der Waals surface area contributed by atoms with E-state index in [0.29, 0.717) is 16.6 Å². The van der Waals surface area contributed by atoms with Crippen LogP contribution in [-0.2, 0) is 6.54 Å². The lowest BCUT2D eigenvalue weighted by atomic mass is 10.1. The first kappa shape index (κ1) is 14.0. The van der Waals surface area contributed by atoms with Crippen LogP contribution in [0.3, 0.4) is 0 Å². The summed E-state index contributed by atoms with van der Waals surface area (Å²) in [6.07, 6.45) is 0. The molecule has 0 atom stereocenters. The number of anilines is 1. The Bertz CT molecular complexity index is 627. The fourth-order valence-electron chi connectivity index (χ4n) is 1.58. The number of nitrogen functional groups attached to an aromatic ring is 1. The molecule has 0 spiro atoms. The smallest absolute Gasteiger partial charge is 0.252 e. The zero-order chi connectivity index (χ0) is 14.0. The minimum atomic E-state index is -0.544. The Morgan fingerprint density at radius 1 is 1.47 bits per heavy atom. The van der Waals surface area contributed by atoms with Crippen molar-refractivity contribution in [2.45, 2.75) is 13.5 Å². The zero-order valence-electron chi connectivity index (χ0n) is 10.2. The number of aryl methyl sites for hydroxylation is 1. The number of carbonyl (C=O) groups is 1. The molecule has 0 aliphatic rings. The van der Waals surface area contributed by atoms with Gasteiger partial charge in [0.05, 0.1) is 11.3 Å². The highest BCUT2D eigenvalue weighted by Crippen LogP contribution is 2.23. The molecule has 0 aliphatic heterocycles. The average molecular weight is 343 g/mol. The van der Waals surface area contributed by atoms with Crippen LogP contribution in [0.4, 0.5) is 10.1 Å². The lowest BCUT2D eigenvalue weighted by molar-refractivity contribution is 0.0950. The van der Waals surface area contributed by atoms with E-state index in [1.165, 1.54) is 12.1 Å². The van der Waals surface area contributed by atoms with Crippen LogP contribution in [0, 0.1) is 12.7 Å². The van der Waals surface area contributed by atoms with Gasteiger partial charge in [-0.3, -0.25) is 4.79 Å². The van der Waals surface area contributed by atoms with Gasteiger partial charge in [0.25, 0.3) is 5.91 Å². The lowest BCUT2D eigenvalue weighted by Crippen LogP contribution is -2.23. The van der Waals surface area contributed by atoms with Gasteiger partial charge in [0.2, 0.25) is 0 Å². The maximum atomic E-state index is 13.2. The minimum absolute atomic E-state index is 0.0416. The molecule has 0 radical (unpaired) electrons. The van der Waals surface area contributed by atoms with Crippen LogP contribution in [0.15, 0.2) is 27.4 Å². The standard InChI is InChI=1S/C13H12BrFN2OS/c1-7-5-19-6-8(7)4-17-13(18)9-2-12(16)11(15)3-10(9)14/h2-3,5-6H,4,16H2,1H3,(H,17,18). The molecular weight excluding hydrogens is 331 g/mol. The Labute approximate surface area is 122 Å². The van der Waals surface area contributed by atoms with Crippen LogP contribution < -0.4 is 11.1 Å². The predicted molar refractivity (Wildman–Crippen MR) is 78.7 cm³/mol. The third-order valence-electron chi connectivity index (χ3n) is 2.73. The van der Waals surface area contributed by atoms with Gasteiger partial charge in [0, 0.05) is 11.0 Å². The Kier molecular flexibility index (Phi) is 4.21. The summed E-state index contributed by atoms with van der Waals surface area (Å²) >= 11 is 4.75. The number of benzene rings is 1. The fourth-order valence-corrected chi connectivity index (χ4v) is 2.93. The van der Waals surface area contributed by atoms with Crippen molar-refractivity contribution in [2.75, 3.05) is 5.73 Å². The van der Waals surface area contributed by atoms with E-state index in [2.05, 4.69) is 21.2 Å². The molecule has 1 aromatic heterocycles. The van der Waals surface area contributed by atoms with Gasteiger partial charge in [0.15, 0.2) is 0 Å². The maximum Gasteiger partial charge on any atom is 0.252 e. The summed E-state index contributed by atoms with van der Waals surface area (Å²) in [5.41, 5.74) is 7.97. The van der Waals surface area contributed by atoms with Crippen LogP contribution >= 0.6 is 27.3 Å². The normalized spacial score (nSPS) is 10.5. The quantitative estimate of drug-likeness (QED) is 0.839. The van der Waals surface area contributed by atoms with E-state index < -0.39 is 5.82 Å². The number of nitrogens with one attached hydrogen (secondary N) is 1. The molecule has 19 heavy (non-hydrogen) atoms. The van der Waals surface area contributed by atoms with E-state index in [9.17, 15) is 9.18 Å². The van der Waals surface area contributed by atoms with Gasteiger partial charge in [0.1, 0.15) is 5.82 Å². The summed E-state index contributed by atoms with van der Waals surface area (Å²) in [7, 11) is 0. The molecule has 1 aromatic carbocycles. The predicted octanol–water partition coefficient (Wildman–Crippen LogP) is 3.47. The molecule has 1 amide bonds. The van der Waals surface area contributed by atoms with Crippen molar-refractivity contribution in [3.05, 3.63) is 49.9 Å². The fraction of sp³-hybridized carbons (Fsp3) is 0.154. The second-order valence-electron chi connectivity index (χ2n) is 4.12. The largest absolute Gasteiger partial charge is 0.396 e. The third kappa shape index (κ3) is 3.13. The Balaban J connectivity index is 2.12. The van der Waals surface area contributed by atoms with Crippen LogP contribution in [0.5, 0.6) is 0 Å². The Hall–Kier alpha value is -1.40. The first-order chi connectivity index (χ1) is 8.99. The molecule has 3 N–H and O–H groups in total. The Morgan fingerprint density at radius 3 is 2.84 bits per heavy atom. The number of thiophene rings is 1. The van der Waals surface area contributed by atoms with Crippen LogP contribution in [0.2, 0.25) is 0 Å². The van der Waals surface area contributed by atoms with E-state index in [1.54, 1.807) is 11.3 Å². The van der Waals surface area contributed by atoms with Crippen LogP contribution in [0.1, 0.15) is 21.5 Å². The van der Waals surface area contributed by atoms with E-state index in [0.717, 1.165) is 11.1 Å². The number of amides is 1. The van der Waals surface area contributed by atoms with Gasteiger partial charge in [-0.15, -0.1) is 0 Å². The molecule has 100 valence electrons. The second-order valence-corrected chi connectivity index (χ2v) is 5.71. The molecule has 2 aromatic rings. The molecule has 0 saturated carbocycles. The van der Waals surface area contributed by atoms with E-state index in [1.807, 2.05) is 17.7 Å². The molecule has 1 heterocycles. The second kappa shape index (κ2) is 5.71. The van der Waals surface area contributed by atoms with Crippen molar-refractivity contribution < 1.29 is 9.18 Å². The minimum Gasteiger partial charge on any atom is -0.396 e. The van der Waals surface area contributed by atoms with Crippen molar-refractivity contribution in [3.63, 3.8) is 0 Å². The molecule has 0 fully saturated rings. The molecule has 0 aliphatic carbocycles. The van der Waals surface area contributed by atoms with Gasteiger partial charge in [-0.25, -0.2) is 4.39 Å². The topological polar surface area (TPSA) is 55.1 Å². The maximum absolute atomic E-state index is 13.2. The monoisotopic (exact) mass is 342 g/mol. The highest BCUT2D eigenvalue weighted by molar-refractivity contribution is 9.10. The van der Waals surface area contributed by atoms with E-state index >= 15 is 0 Å². The van der Waals surface area contributed by atoms with Crippen LogP contribution in [-0.4, -0.2) is 5.91 Å². The number of hydrogen-bond acceptors (Lipinski definition) is 3. The van der Waals surface area contributed by atoms with E-state index in [4.69, 9.17) is 5.73 Å². The van der Waals surface area contributed by atoms with Crippen molar-refractivity contribution in [2.24, 2.45) is 0 Å². The summed E-state index contributed by atoms with van der Waals surface area (Å²) in [4.78, 5) is 12.0. The first-order valence-electron chi connectivity index (χ1n) is 5.53. The first-order valence-corrected chi connectivity index (χ1v) is 7.27. The molecule has 0 bridgehead atoms. The highest BCUT2D eigenvalue weighted by atomic mass is 79.9. The summed E-state index contributed by atoms with van der Waals surface area (Å²) < 4.78 is 13.6. The summed E-state index contributed by atoms with van der Waals surface area (Å²) in [5.74, 6) is -0.832. The number of halogens is 2. The number of rotatable bonds is 3. The summed E-state index contributed by atoms with van der Waals surface area (Å²) in [6, 6.07) is 2.52. The molecule has 2 rings (SSSR count). The number of carbonyl (C=O) groups excluding carboxylic acids is 1. The van der Waals surface area contributed by atoms with Crippen molar-refractivity contribution in [1.82, 2.24) is 5.32 Å².